The first kappa shape index (κ1) is 25.6. The highest BCUT2D eigenvalue weighted by atomic mass is 28.5. The number of rotatable bonds is 14. The lowest BCUT2D eigenvalue weighted by Gasteiger charge is -2.41. The van der Waals surface area contributed by atoms with Crippen molar-refractivity contribution in [2.45, 2.75) is 71.6 Å². The van der Waals surface area contributed by atoms with E-state index in [4.69, 9.17) is 26.6 Å². The number of hydrogen-bond acceptors (Lipinski definition) is 6. The molecule has 0 spiro atoms. The Morgan fingerprint density at radius 2 is 1.40 bits per heavy atom. The predicted molar refractivity (Wildman–Crippen MR) is 112 cm³/mol. The van der Waals surface area contributed by atoms with Crippen LogP contribution in [0.1, 0.15) is 19.8 Å². The van der Waals surface area contributed by atoms with Crippen molar-refractivity contribution in [2.75, 3.05) is 26.6 Å². The van der Waals surface area contributed by atoms with E-state index in [9.17, 15) is 0 Å². The van der Waals surface area contributed by atoms with Gasteiger partial charge in [-0.3, -0.25) is 0 Å². The van der Waals surface area contributed by atoms with E-state index in [1.54, 1.807) is 7.11 Å². The summed E-state index contributed by atoms with van der Waals surface area (Å²) in [6.45, 7) is 17.2. The maximum absolute atomic E-state index is 8.86. The molecule has 0 aromatic heterocycles. The summed E-state index contributed by atoms with van der Waals surface area (Å²) in [5.41, 5.74) is 0. The summed E-state index contributed by atoms with van der Waals surface area (Å²) in [5.74, 6) is 0. The summed E-state index contributed by atoms with van der Waals surface area (Å²) in [7, 11) is -7.19. The largest absolute Gasteiger partial charge is 0.435 e. The molecule has 0 aromatic carbocycles. The fourth-order valence-electron chi connectivity index (χ4n) is 2.92. The quantitative estimate of drug-likeness (QED) is 0.336. The number of unbranched alkanes of at least 4 members (excludes halogenated alkanes) is 1. The van der Waals surface area contributed by atoms with E-state index in [1.807, 2.05) is 0 Å². The van der Waals surface area contributed by atoms with E-state index in [1.165, 1.54) is 0 Å². The summed E-state index contributed by atoms with van der Waals surface area (Å²) < 4.78 is 30.6. The molecule has 0 saturated heterocycles. The summed E-state index contributed by atoms with van der Waals surface area (Å²) in [5, 5.41) is 8.86. The average molecular weight is 429 g/mol. The predicted octanol–water partition coefficient (Wildman–Crippen LogP) is 3.71. The van der Waals surface area contributed by atoms with Gasteiger partial charge in [0.1, 0.15) is 0 Å². The first-order valence-corrected chi connectivity index (χ1v) is 20.4. The van der Waals surface area contributed by atoms with Crippen LogP contribution >= 0.6 is 0 Å². The zero-order valence-corrected chi connectivity index (χ0v) is 21.7. The Labute approximate surface area is 159 Å². The van der Waals surface area contributed by atoms with Crippen LogP contribution < -0.4 is 0 Å². The fraction of sp³-hybridized carbons (Fsp3) is 1.00. The van der Waals surface area contributed by atoms with Gasteiger partial charge in [-0.15, -0.1) is 0 Å². The highest BCUT2D eigenvalue weighted by Gasteiger charge is 2.45. The topological polar surface area (TPSA) is 66.4 Å². The van der Waals surface area contributed by atoms with Crippen molar-refractivity contribution < 1.29 is 26.6 Å². The van der Waals surface area contributed by atoms with E-state index < -0.39 is 34.0 Å². The van der Waals surface area contributed by atoms with Crippen LogP contribution in [0.15, 0.2) is 0 Å². The normalized spacial score (nSPS) is 16.1. The van der Waals surface area contributed by atoms with Crippen LogP contribution in [0.4, 0.5) is 0 Å². The van der Waals surface area contributed by atoms with Crippen LogP contribution in [0.5, 0.6) is 0 Å². The minimum atomic E-state index is -2.37. The highest BCUT2D eigenvalue weighted by molar-refractivity contribution is 6.88. The molecule has 0 aliphatic heterocycles. The summed E-state index contributed by atoms with van der Waals surface area (Å²) in [6.07, 6.45) is 2.80. The molecule has 0 aromatic rings. The number of aliphatic hydroxyl groups is 1. The van der Waals surface area contributed by atoms with E-state index in [2.05, 4.69) is 52.8 Å². The molecule has 0 aliphatic carbocycles. The Morgan fingerprint density at radius 1 is 0.840 bits per heavy atom. The van der Waals surface area contributed by atoms with Gasteiger partial charge in [0.05, 0.1) is 19.4 Å². The maximum Gasteiger partial charge on any atom is 0.325 e. The van der Waals surface area contributed by atoms with Crippen LogP contribution in [-0.4, -0.2) is 65.7 Å². The maximum atomic E-state index is 8.86. The van der Waals surface area contributed by atoms with E-state index in [-0.39, 0.29) is 6.61 Å². The zero-order valence-electron chi connectivity index (χ0n) is 17.7. The van der Waals surface area contributed by atoms with Gasteiger partial charge in [0.25, 0.3) is 0 Å². The summed E-state index contributed by atoms with van der Waals surface area (Å²) in [6, 6.07) is 0.984. The smallest absolute Gasteiger partial charge is 0.325 e. The lowest BCUT2D eigenvalue weighted by molar-refractivity contribution is 0.113. The molecule has 1 unspecified atom stereocenters. The molecule has 0 fully saturated rings. The molecule has 6 nitrogen and oxygen atoms in total. The summed E-state index contributed by atoms with van der Waals surface area (Å²) in [4.78, 5) is 0. The number of aliphatic hydroxyl groups excluding tert-OH is 1. The molecule has 1 N–H and O–H groups in total. The standard InChI is InChI=1S/C15H40O6Si4/c1-10-11-14-25(9,17-2)21-24(7,8)20-23(5,6)19-22(3,4)15-18-13-12-16/h16H,10-15H2,1-9H3. The van der Waals surface area contributed by atoms with Crippen molar-refractivity contribution in [3.8, 4) is 0 Å². The Bertz CT molecular complexity index is 381. The third-order valence-corrected chi connectivity index (χ3v) is 18.4. The highest BCUT2D eigenvalue weighted by Crippen LogP contribution is 2.26. The average Bonchev–Trinajstić information content (AvgIpc) is 2.42. The third-order valence-electron chi connectivity index (χ3n) is 3.58. The second-order valence-corrected chi connectivity index (χ2v) is 23.1. The van der Waals surface area contributed by atoms with Crippen molar-refractivity contribution in [1.29, 1.82) is 0 Å². The second-order valence-electron chi connectivity index (χ2n) is 8.08. The zero-order chi connectivity index (χ0) is 19.8. The van der Waals surface area contributed by atoms with Gasteiger partial charge in [-0.1, -0.05) is 19.8 Å². The van der Waals surface area contributed by atoms with Gasteiger partial charge < -0.3 is 26.6 Å². The molecule has 0 amide bonds. The van der Waals surface area contributed by atoms with Crippen LogP contribution in [0, 0.1) is 0 Å². The monoisotopic (exact) mass is 428 g/mol. The first-order chi connectivity index (χ1) is 11.3. The summed E-state index contributed by atoms with van der Waals surface area (Å²) >= 11 is 0. The number of hydrogen-bond donors (Lipinski definition) is 1. The third kappa shape index (κ3) is 11.8. The second kappa shape index (κ2) is 10.8. The molecule has 0 radical (unpaired) electrons. The van der Waals surface area contributed by atoms with Crippen LogP contribution in [0.3, 0.4) is 0 Å². The Balaban J connectivity index is 4.82. The van der Waals surface area contributed by atoms with Crippen molar-refractivity contribution >= 4 is 34.0 Å². The van der Waals surface area contributed by atoms with Gasteiger partial charge in [-0.2, -0.15) is 0 Å². The molecule has 0 aliphatic rings. The van der Waals surface area contributed by atoms with Crippen LogP contribution in [-0.2, 0) is 21.5 Å². The van der Waals surface area contributed by atoms with Gasteiger partial charge in [0, 0.05) is 7.11 Å². The van der Waals surface area contributed by atoms with Crippen molar-refractivity contribution in [1.82, 2.24) is 0 Å². The molecule has 152 valence electrons. The van der Waals surface area contributed by atoms with Crippen molar-refractivity contribution in [3.05, 3.63) is 0 Å². The lowest BCUT2D eigenvalue weighted by atomic mass is 10.4. The molecular weight excluding hydrogens is 389 g/mol. The fourth-order valence-corrected chi connectivity index (χ4v) is 21.0. The van der Waals surface area contributed by atoms with E-state index in [0.717, 1.165) is 18.9 Å². The number of ether oxygens (including phenoxy) is 1. The molecule has 0 saturated carbocycles. The minimum absolute atomic E-state index is 0.0353. The molecule has 25 heavy (non-hydrogen) atoms. The first-order valence-electron chi connectivity index (χ1n) is 9.14. The lowest BCUT2D eigenvalue weighted by Crippen LogP contribution is -2.58. The Hall–Kier alpha value is 0.628. The van der Waals surface area contributed by atoms with Gasteiger partial charge in [0.15, 0.2) is 0 Å². The van der Waals surface area contributed by atoms with Gasteiger partial charge >= 0.3 is 25.7 Å². The van der Waals surface area contributed by atoms with Gasteiger partial charge in [0.2, 0.25) is 8.32 Å². The van der Waals surface area contributed by atoms with Crippen molar-refractivity contribution in [2.24, 2.45) is 0 Å². The molecule has 0 rings (SSSR count). The van der Waals surface area contributed by atoms with E-state index in [0.29, 0.717) is 12.8 Å². The van der Waals surface area contributed by atoms with Gasteiger partial charge in [-0.05, 0) is 51.9 Å². The molecule has 0 bridgehead atoms. The molecule has 10 heteroatoms. The van der Waals surface area contributed by atoms with Crippen LogP contribution in [0.2, 0.25) is 51.9 Å². The molecule has 1 atom stereocenters. The Morgan fingerprint density at radius 3 is 1.88 bits per heavy atom. The van der Waals surface area contributed by atoms with E-state index >= 15 is 0 Å². The minimum Gasteiger partial charge on any atom is -0.435 e. The molecule has 0 heterocycles. The SMILES string of the molecule is CCCC[Si](C)(OC)O[Si](C)(C)O[Si](C)(C)O[Si](C)(C)COCCO. The van der Waals surface area contributed by atoms with Crippen molar-refractivity contribution in [3.63, 3.8) is 0 Å². The van der Waals surface area contributed by atoms with Gasteiger partial charge in [-0.25, -0.2) is 0 Å². The molecular formula is C15H40O6Si4. The van der Waals surface area contributed by atoms with Crippen LogP contribution in [0.25, 0.3) is 0 Å². The Kier molecular flexibility index (Phi) is 11.1.